The Labute approximate surface area is 96.2 Å². The number of rotatable bonds is 6. The molecule has 0 aliphatic rings. The van der Waals surface area contributed by atoms with Crippen molar-refractivity contribution < 1.29 is 9.47 Å². The molecule has 0 fully saturated rings. The molecule has 0 saturated heterocycles. The molecule has 1 rings (SSSR count). The number of nitrogens with zero attached hydrogens (tertiary/aromatic N) is 2. The fraction of sp³-hybridized carbons (Fsp3) is 0.636. The van der Waals surface area contributed by atoms with Crippen molar-refractivity contribution in [1.82, 2.24) is 15.3 Å². The van der Waals surface area contributed by atoms with Crippen LogP contribution in [-0.2, 0) is 6.54 Å². The van der Waals surface area contributed by atoms with Gasteiger partial charge in [-0.1, -0.05) is 13.8 Å². The average Bonchev–Trinajstić information content (AvgIpc) is 2.28. The van der Waals surface area contributed by atoms with Gasteiger partial charge in [0.2, 0.25) is 11.8 Å². The number of nitrogens with one attached hydrogen (secondary N) is 1. The van der Waals surface area contributed by atoms with E-state index in [1.165, 1.54) is 6.33 Å². The number of aromatic nitrogens is 2. The lowest BCUT2D eigenvalue weighted by Gasteiger charge is -2.12. The third-order valence-electron chi connectivity index (χ3n) is 2.11. The van der Waals surface area contributed by atoms with E-state index in [0.717, 1.165) is 12.1 Å². The molecular weight excluding hydrogens is 206 g/mol. The lowest BCUT2D eigenvalue weighted by molar-refractivity contribution is 0.358. The van der Waals surface area contributed by atoms with Gasteiger partial charge in [-0.15, -0.1) is 0 Å². The van der Waals surface area contributed by atoms with Crippen LogP contribution >= 0.6 is 0 Å². The zero-order valence-corrected chi connectivity index (χ0v) is 10.3. The molecule has 0 bridgehead atoms. The summed E-state index contributed by atoms with van der Waals surface area (Å²) in [4.78, 5) is 8.10. The lowest BCUT2D eigenvalue weighted by Crippen LogP contribution is -2.20. The molecule has 1 aromatic heterocycles. The number of hydrogen-bond donors (Lipinski definition) is 1. The highest BCUT2D eigenvalue weighted by molar-refractivity contribution is 5.34. The van der Waals surface area contributed by atoms with Gasteiger partial charge >= 0.3 is 0 Å². The Bertz CT molecular complexity index is 307. The van der Waals surface area contributed by atoms with Gasteiger partial charge in [-0.2, -0.15) is 0 Å². The first-order chi connectivity index (χ1) is 7.69. The Kier molecular flexibility index (Phi) is 4.98. The third kappa shape index (κ3) is 3.34. The summed E-state index contributed by atoms with van der Waals surface area (Å²) >= 11 is 0. The van der Waals surface area contributed by atoms with Gasteiger partial charge < -0.3 is 14.8 Å². The van der Waals surface area contributed by atoms with Crippen LogP contribution in [0.2, 0.25) is 0 Å². The van der Waals surface area contributed by atoms with Crippen LogP contribution in [-0.4, -0.2) is 30.7 Å². The van der Waals surface area contributed by atoms with E-state index >= 15 is 0 Å². The maximum absolute atomic E-state index is 5.17. The van der Waals surface area contributed by atoms with Crippen molar-refractivity contribution in [2.45, 2.75) is 20.4 Å². The van der Waals surface area contributed by atoms with Gasteiger partial charge in [-0.05, 0) is 12.5 Å². The Morgan fingerprint density at radius 1 is 1.19 bits per heavy atom. The monoisotopic (exact) mass is 225 g/mol. The highest BCUT2D eigenvalue weighted by Crippen LogP contribution is 2.22. The number of ether oxygens (including phenoxy) is 2. The molecule has 16 heavy (non-hydrogen) atoms. The maximum atomic E-state index is 5.17. The minimum atomic E-state index is 0.558. The van der Waals surface area contributed by atoms with E-state index in [1.54, 1.807) is 14.2 Å². The largest absolute Gasteiger partial charge is 0.481 e. The van der Waals surface area contributed by atoms with Crippen LogP contribution in [0, 0.1) is 5.92 Å². The second-order valence-corrected chi connectivity index (χ2v) is 3.90. The first-order valence-corrected chi connectivity index (χ1v) is 5.31. The number of hydrogen-bond acceptors (Lipinski definition) is 5. The molecule has 0 amide bonds. The van der Waals surface area contributed by atoms with Crippen LogP contribution in [0.3, 0.4) is 0 Å². The fourth-order valence-electron chi connectivity index (χ4n) is 1.37. The summed E-state index contributed by atoms with van der Waals surface area (Å²) in [5.74, 6) is 1.72. The van der Waals surface area contributed by atoms with Gasteiger partial charge in [-0.25, -0.2) is 9.97 Å². The first-order valence-electron chi connectivity index (χ1n) is 5.31. The molecule has 0 aliphatic heterocycles. The van der Waals surface area contributed by atoms with Gasteiger partial charge in [-0.3, -0.25) is 0 Å². The van der Waals surface area contributed by atoms with Crippen molar-refractivity contribution in [3.05, 3.63) is 11.9 Å². The van der Waals surface area contributed by atoms with Gasteiger partial charge in [0.05, 0.1) is 19.8 Å². The zero-order chi connectivity index (χ0) is 12.0. The van der Waals surface area contributed by atoms with Crippen molar-refractivity contribution in [3.8, 4) is 11.8 Å². The molecule has 5 nitrogen and oxygen atoms in total. The van der Waals surface area contributed by atoms with Gasteiger partial charge in [0.1, 0.15) is 6.33 Å². The lowest BCUT2D eigenvalue weighted by atomic mass is 10.2. The fourth-order valence-corrected chi connectivity index (χ4v) is 1.37. The standard InChI is InChI=1S/C11H19N3O2/c1-8(2)5-12-6-9-10(15-3)13-7-14-11(9)16-4/h7-8,12H,5-6H2,1-4H3. The number of methoxy groups -OCH3 is 2. The molecule has 1 heterocycles. The van der Waals surface area contributed by atoms with Crippen LogP contribution < -0.4 is 14.8 Å². The van der Waals surface area contributed by atoms with Gasteiger partial charge in [0.25, 0.3) is 0 Å². The van der Waals surface area contributed by atoms with E-state index in [1.807, 2.05) is 0 Å². The summed E-state index contributed by atoms with van der Waals surface area (Å²) in [6.07, 6.45) is 1.43. The molecule has 0 aliphatic carbocycles. The molecular formula is C11H19N3O2. The van der Waals surface area contributed by atoms with E-state index in [0.29, 0.717) is 24.2 Å². The Hall–Kier alpha value is -1.36. The topological polar surface area (TPSA) is 56.3 Å². The van der Waals surface area contributed by atoms with Gasteiger partial charge in [0.15, 0.2) is 0 Å². The van der Waals surface area contributed by atoms with Crippen molar-refractivity contribution in [2.24, 2.45) is 5.92 Å². The minimum absolute atomic E-state index is 0.558. The summed E-state index contributed by atoms with van der Waals surface area (Å²) in [6, 6.07) is 0. The maximum Gasteiger partial charge on any atom is 0.224 e. The zero-order valence-electron chi connectivity index (χ0n) is 10.3. The Balaban J connectivity index is 2.74. The smallest absolute Gasteiger partial charge is 0.224 e. The van der Waals surface area contributed by atoms with E-state index in [4.69, 9.17) is 9.47 Å². The predicted octanol–water partition coefficient (Wildman–Crippen LogP) is 1.24. The second kappa shape index (κ2) is 6.27. The van der Waals surface area contributed by atoms with E-state index < -0.39 is 0 Å². The quantitative estimate of drug-likeness (QED) is 0.789. The molecule has 0 atom stereocenters. The normalized spacial score (nSPS) is 10.6. The Morgan fingerprint density at radius 3 is 2.19 bits per heavy atom. The van der Waals surface area contributed by atoms with Gasteiger partial charge in [0, 0.05) is 6.54 Å². The molecule has 0 radical (unpaired) electrons. The van der Waals surface area contributed by atoms with Crippen LogP contribution in [0.15, 0.2) is 6.33 Å². The van der Waals surface area contributed by atoms with Crippen molar-refractivity contribution in [3.63, 3.8) is 0 Å². The summed E-state index contributed by atoms with van der Waals surface area (Å²) in [7, 11) is 3.18. The summed E-state index contributed by atoms with van der Waals surface area (Å²) in [5, 5.41) is 3.31. The SMILES string of the molecule is COc1ncnc(OC)c1CNCC(C)C. The summed E-state index contributed by atoms with van der Waals surface area (Å²) in [5.41, 5.74) is 0.855. The van der Waals surface area contributed by atoms with E-state index in [-0.39, 0.29) is 0 Å². The third-order valence-corrected chi connectivity index (χ3v) is 2.11. The molecule has 0 spiro atoms. The Morgan fingerprint density at radius 2 is 1.75 bits per heavy atom. The second-order valence-electron chi connectivity index (χ2n) is 3.90. The van der Waals surface area contributed by atoms with E-state index in [2.05, 4.69) is 29.1 Å². The summed E-state index contributed by atoms with van der Waals surface area (Å²) in [6.45, 7) is 5.89. The molecule has 0 aromatic carbocycles. The molecule has 90 valence electrons. The molecule has 0 unspecified atom stereocenters. The van der Waals surface area contributed by atoms with Crippen molar-refractivity contribution in [1.29, 1.82) is 0 Å². The average molecular weight is 225 g/mol. The highest BCUT2D eigenvalue weighted by Gasteiger charge is 2.12. The predicted molar refractivity (Wildman–Crippen MR) is 61.7 cm³/mol. The summed E-state index contributed by atoms with van der Waals surface area (Å²) < 4.78 is 10.3. The molecule has 1 N–H and O–H groups in total. The first kappa shape index (κ1) is 12.7. The van der Waals surface area contributed by atoms with Crippen LogP contribution in [0.25, 0.3) is 0 Å². The van der Waals surface area contributed by atoms with E-state index in [9.17, 15) is 0 Å². The molecule has 0 saturated carbocycles. The van der Waals surface area contributed by atoms with Crippen LogP contribution in [0.4, 0.5) is 0 Å². The molecule has 1 aromatic rings. The minimum Gasteiger partial charge on any atom is -0.481 e. The van der Waals surface area contributed by atoms with Crippen molar-refractivity contribution in [2.75, 3.05) is 20.8 Å². The van der Waals surface area contributed by atoms with Crippen molar-refractivity contribution >= 4 is 0 Å². The highest BCUT2D eigenvalue weighted by atomic mass is 16.5. The molecule has 5 heteroatoms. The van der Waals surface area contributed by atoms with Crippen LogP contribution in [0.1, 0.15) is 19.4 Å². The van der Waals surface area contributed by atoms with Crippen LogP contribution in [0.5, 0.6) is 11.8 Å².